The Labute approximate surface area is 190 Å². The second kappa shape index (κ2) is 11.9. The quantitative estimate of drug-likeness (QED) is 0.393. The van der Waals surface area contributed by atoms with Gasteiger partial charge in [0.1, 0.15) is 12.4 Å². The molecule has 7 nitrogen and oxygen atoms in total. The topological polar surface area (TPSA) is 82.9 Å². The number of nitrogens with one attached hydrogen (secondary N) is 2. The van der Waals surface area contributed by atoms with Crippen molar-refractivity contribution < 1.29 is 9.53 Å². The molecule has 0 aromatic heterocycles. The summed E-state index contributed by atoms with van der Waals surface area (Å²) in [6.45, 7) is 8.01. The number of hydrogen-bond donors (Lipinski definition) is 3. The standard InChI is InChI=1S/C25H33N5O2/c1-20(17-21-5-3-4-6-25(21)28-19-31)24(26)18-27-22-7-9-23(10-8-22)32-16-15-30-13-11-29(2)12-14-30/h3-10,17-19,27H,11-16,26H2,1-2H3,(H,28,31)/b20-17+,24-18-. The number of nitrogens with zero attached hydrogens (tertiary/aromatic N) is 2. The Hall–Kier alpha value is -3.29. The number of ether oxygens (including phenoxy) is 1. The van der Waals surface area contributed by atoms with Crippen molar-refractivity contribution in [3.63, 3.8) is 0 Å². The first-order valence-corrected chi connectivity index (χ1v) is 10.9. The fourth-order valence-corrected chi connectivity index (χ4v) is 3.42. The van der Waals surface area contributed by atoms with Crippen LogP contribution in [0.15, 0.2) is 66.0 Å². The van der Waals surface area contributed by atoms with Gasteiger partial charge in [-0.2, -0.15) is 0 Å². The number of carbonyl (C=O) groups excluding carboxylic acids is 1. The van der Waals surface area contributed by atoms with Gasteiger partial charge >= 0.3 is 0 Å². The largest absolute Gasteiger partial charge is 0.492 e. The highest BCUT2D eigenvalue weighted by Crippen LogP contribution is 2.20. The second-order valence-electron chi connectivity index (χ2n) is 7.94. The Morgan fingerprint density at radius 1 is 1.06 bits per heavy atom. The molecule has 0 atom stereocenters. The van der Waals surface area contributed by atoms with Crippen molar-refractivity contribution in [3.05, 3.63) is 71.6 Å². The molecule has 0 saturated carbocycles. The molecule has 1 aliphatic heterocycles. The van der Waals surface area contributed by atoms with Crippen LogP contribution in [0.1, 0.15) is 12.5 Å². The zero-order valence-corrected chi connectivity index (χ0v) is 18.9. The second-order valence-corrected chi connectivity index (χ2v) is 7.94. The number of para-hydroxylation sites is 1. The summed E-state index contributed by atoms with van der Waals surface area (Å²) in [6.07, 6.45) is 4.38. The fourth-order valence-electron chi connectivity index (χ4n) is 3.42. The summed E-state index contributed by atoms with van der Waals surface area (Å²) in [5, 5.41) is 5.92. The summed E-state index contributed by atoms with van der Waals surface area (Å²) < 4.78 is 5.89. The lowest BCUT2D eigenvalue weighted by Crippen LogP contribution is -2.45. The first kappa shape index (κ1) is 23.4. The van der Waals surface area contributed by atoms with Gasteiger partial charge in [-0.3, -0.25) is 9.69 Å². The minimum Gasteiger partial charge on any atom is -0.492 e. The van der Waals surface area contributed by atoms with Crippen molar-refractivity contribution in [2.45, 2.75) is 6.92 Å². The van der Waals surface area contributed by atoms with Gasteiger partial charge in [-0.15, -0.1) is 0 Å². The highest BCUT2D eigenvalue weighted by Gasteiger charge is 2.13. The first-order valence-electron chi connectivity index (χ1n) is 10.9. The van der Waals surface area contributed by atoms with Gasteiger partial charge in [0.15, 0.2) is 0 Å². The van der Waals surface area contributed by atoms with Gasteiger partial charge in [0.25, 0.3) is 0 Å². The highest BCUT2D eigenvalue weighted by atomic mass is 16.5. The molecule has 0 bridgehead atoms. The molecule has 3 rings (SSSR count). The Bertz CT molecular complexity index is 932. The molecule has 170 valence electrons. The summed E-state index contributed by atoms with van der Waals surface area (Å²) in [5.41, 5.74) is 10.3. The van der Waals surface area contributed by atoms with E-state index in [4.69, 9.17) is 10.5 Å². The van der Waals surface area contributed by atoms with Crippen LogP contribution in [0, 0.1) is 0 Å². The van der Waals surface area contributed by atoms with Gasteiger partial charge in [-0.05, 0) is 61.5 Å². The molecular formula is C25H33N5O2. The lowest BCUT2D eigenvalue weighted by molar-refractivity contribution is -0.105. The Morgan fingerprint density at radius 3 is 2.50 bits per heavy atom. The van der Waals surface area contributed by atoms with E-state index in [1.807, 2.05) is 61.5 Å². The predicted molar refractivity (Wildman–Crippen MR) is 132 cm³/mol. The van der Waals surface area contributed by atoms with Crippen LogP contribution < -0.4 is 21.1 Å². The number of piperazine rings is 1. The number of amides is 1. The van der Waals surface area contributed by atoms with Crippen LogP contribution in [0.5, 0.6) is 5.75 Å². The van der Waals surface area contributed by atoms with Gasteiger partial charge in [0.2, 0.25) is 6.41 Å². The zero-order valence-electron chi connectivity index (χ0n) is 18.9. The number of benzene rings is 2. The molecule has 7 heteroatoms. The van der Waals surface area contributed by atoms with Gasteiger partial charge in [0, 0.05) is 50.3 Å². The zero-order chi connectivity index (χ0) is 22.8. The maximum atomic E-state index is 10.8. The fraction of sp³-hybridized carbons (Fsp3) is 0.320. The van der Waals surface area contributed by atoms with Gasteiger partial charge in [-0.25, -0.2) is 0 Å². The SMILES string of the molecule is CC(=C\c1ccccc1NC=O)/C(N)=C/Nc1ccc(OCCN2CCN(C)CC2)cc1. The maximum Gasteiger partial charge on any atom is 0.211 e. The number of rotatable bonds is 10. The molecule has 1 heterocycles. The van der Waals surface area contributed by atoms with Crippen molar-refractivity contribution >= 4 is 23.9 Å². The van der Waals surface area contributed by atoms with E-state index in [1.54, 1.807) is 6.20 Å². The number of nitrogens with two attached hydrogens (primary N) is 1. The highest BCUT2D eigenvalue weighted by molar-refractivity contribution is 5.79. The minimum absolute atomic E-state index is 0.610. The number of allylic oxidation sites excluding steroid dienone is 1. The normalized spacial score (nSPS) is 15.9. The number of carbonyl (C=O) groups is 1. The molecule has 1 saturated heterocycles. The van der Waals surface area contributed by atoms with Gasteiger partial charge in [0.05, 0.1) is 5.70 Å². The summed E-state index contributed by atoms with van der Waals surface area (Å²) in [6, 6.07) is 15.4. The monoisotopic (exact) mass is 435 g/mol. The molecule has 2 aromatic carbocycles. The van der Waals surface area contributed by atoms with Crippen molar-refractivity contribution in [2.24, 2.45) is 5.73 Å². The molecule has 0 aliphatic carbocycles. The third kappa shape index (κ3) is 7.14. The van der Waals surface area contributed by atoms with E-state index in [2.05, 4.69) is 27.5 Å². The maximum absolute atomic E-state index is 10.8. The van der Waals surface area contributed by atoms with Crippen molar-refractivity contribution in [1.82, 2.24) is 9.80 Å². The van der Waals surface area contributed by atoms with Crippen molar-refractivity contribution in [3.8, 4) is 5.75 Å². The molecule has 1 amide bonds. The van der Waals surface area contributed by atoms with Gasteiger partial charge in [-0.1, -0.05) is 18.2 Å². The smallest absolute Gasteiger partial charge is 0.211 e. The average Bonchev–Trinajstić information content (AvgIpc) is 2.81. The molecule has 32 heavy (non-hydrogen) atoms. The first-order chi connectivity index (χ1) is 15.5. The van der Waals surface area contributed by atoms with Crippen molar-refractivity contribution in [1.29, 1.82) is 0 Å². The molecule has 1 fully saturated rings. The predicted octanol–water partition coefficient (Wildman–Crippen LogP) is 3.20. The van der Waals surface area contributed by atoms with E-state index < -0.39 is 0 Å². The van der Waals surface area contributed by atoms with Crippen LogP contribution in [0.25, 0.3) is 6.08 Å². The Morgan fingerprint density at radius 2 is 1.78 bits per heavy atom. The molecule has 2 aromatic rings. The lowest BCUT2D eigenvalue weighted by Gasteiger charge is -2.32. The van der Waals surface area contributed by atoms with E-state index in [0.717, 1.165) is 61.0 Å². The van der Waals surface area contributed by atoms with Crippen LogP contribution in [0.4, 0.5) is 11.4 Å². The van der Waals surface area contributed by atoms with Crippen LogP contribution in [-0.4, -0.2) is 62.6 Å². The Balaban J connectivity index is 1.49. The average molecular weight is 436 g/mol. The molecule has 0 spiro atoms. The summed E-state index contributed by atoms with van der Waals surface area (Å²) >= 11 is 0. The molecule has 0 unspecified atom stereocenters. The van der Waals surface area contributed by atoms with E-state index in [9.17, 15) is 4.79 Å². The molecular weight excluding hydrogens is 402 g/mol. The van der Waals surface area contributed by atoms with Crippen LogP contribution >= 0.6 is 0 Å². The van der Waals surface area contributed by atoms with E-state index in [1.165, 1.54) is 0 Å². The van der Waals surface area contributed by atoms with E-state index in [0.29, 0.717) is 18.7 Å². The van der Waals surface area contributed by atoms with Crippen molar-refractivity contribution in [2.75, 3.05) is 57.0 Å². The summed E-state index contributed by atoms with van der Waals surface area (Å²) in [5.74, 6) is 0.858. The third-order valence-electron chi connectivity index (χ3n) is 5.52. The van der Waals surface area contributed by atoms with E-state index in [-0.39, 0.29) is 0 Å². The Kier molecular flexibility index (Phi) is 8.71. The van der Waals surface area contributed by atoms with Gasteiger partial charge < -0.3 is 26.0 Å². The number of likely N-dealkylation sites (N-methyl/N-ethyl adjacent to an activating group) is 1. The van der Waals surface area contributed by atoms with Crippen LogP contribution in [0.3, 0.4) is 0 Å². The lowest BCUT2D eigenvalue weighted by atomic mass is 10.1. The minimum atomic E-state index is 0.610. The molecule has 4 N–H and O–H groups in total. The summed E-state index contributed by atoms with van der Waals surface area (Å²) in [4.78, 5) is 15.6. The van der Waals surface area contributed by atoms with E-state index >= 15 is 0 Å². The molecule has 0 radical (unpaired) electrons. The van der Waals surface area contributed by atoms with Crippen LogP contribution in [0.2, 0.25) is 0 Å². The number of hydrogen-bond acceptors (Lipinski definition) is 6. The molecule has 1 aliphatic rings. The third-order valence-corrected chi connectivity index (χ3v) is 5.52. The number of anilines is 2. The van der Waals surface area contributed by atoms with Crippen LogP contribution in [-0.2, 0) is 4.79 Å². The summed E-state index contributed by atoms with van der Waals surface area (Å²) in [7, 11) is 2.16.